The van der Waals surface area contributed by atoms with Crippen molar-refractivity contribution < 1.29 is 9.63 Å². The first-order valence-corrected chi connectivity index (χ1v) is 6.98. The van der Waals surface area contributed by atoms with Crippen molar-refractivity contribution in [2.75, 3.05) is 5.32 Å². The molecule has 0 bridgehead atoms. The quantitative estimate of drug-likeness (QED) is 0.504. The third-order valence-corrected chi connectivity index (χ3v) is 3.56. The minimum absolute atomic E-state index is 0.369. The fourth-order valence-electron chi connectivity index (χ4n) is 2.16. The van der Waals surface area contributed by atoms with Gasteiger partial charge in [-0.05, 0) is 43.9 Å². The van der Waals surface area contributed by atoms with Gasteiger partial charge >= 0.3 is 6.09 Å². The summed E-state index contributed by atoms with van der Waals surface area (Å²) in [6.07, 6.45) is 3.26. The Morgan fingerprint density at radius 1 is 1.38 bits per heavy atom. The van der Waals surface area contributed by atoms with Crippen molar-refractivity contribution in [1.29, 1.82) is 0 Å². The van der Waals surface area contributed by atoms with Crippen LogP contribution in [0.5, 0.6) is 0 Å². The Labute approximate surface area is 125 Å². The number of hydrogen-bond acceptors (Lipinski definition) is 3. The smallest absolute Gasteiger partial charge is 0.298 e. The highest BCUT2D eigenvalue weighted by molar-refractivity contribution is 6.00. The fraction of sp³-hybridized carbons (Fsp3) is 0.294. The molecule has 2 rings (SSSR count). The Morgan fingerprint density at radius 2 is 2.10 bits per heavy atom. The molecule has 1 aromatic carbocycles. The van der Waals surface area contributed by atoms with E-state index in [9.17, 15) is 4.79 Å². The molecule has 0 aliphatic heterocycles. The minimum Gasteiger partial charge on any atom is -0.298 e. The molecule has 1 N–H and O–H groups in total. The molecule has 0 spiro atoms. The second-order valence-electron chi connectivity index (χ2n) is 5.28. The maximum Gasteiger partial charge on any atom is 0.437 e. The number of carbonyl (C=O) groups is 1. The van der Waals surface area contributed by atoms with Crippen molar-refractivity contribution >= 4 is 17.5 Å². The van der Waals surface area contributed by atoms with Crippen LogP contribution in [-0.4, -0.2) is 11.8 Å². The van der Waals surface area contributed by atoms with E-state index in [1.54, 1.807) is 12.1 Å². The lowest BCUT2D eigenvalue weighted by molar-refractivity contribution is 0.166. The molecule has 0 saturated carbocycles. The molecule has 0 saturated heterocycles. The zero-order chi connectivity index (χ0) is 15.2. The first-order chi connectivity index (χ1) is 10.1. The van der Waals surface area contributed by atoms with Crippen molar-refractivity contribution in [2.45, 2.75) is 26.7 Å². The number of hydrogen-bond donors (Lipinski definition) is 1. The molecular formula is C17H20N2O2. The second kappa shape index (κ2) is 6.88. The SMILES string of the molecule is C=C(C)C1CC=C(C)/C(=N/OC(=O)Nc2ccccc2)C1. The van der Waals surface area contributed by atoms with E-state index in [0.717, 1.165) is 29.7 Å². The molecule has 1 aliphatic rings. The topological polar surface area (TPSA) is 50.7 Å². The van der Waals surface area contributed by atoms with Crippen LogP contribution < -0.4 is 5.32 Å². The predicted molar refractivity (Wildman–Crippen MR) is 85.3 cm³/mol. The van der Waals surface area contributed by atoms with Crippen LogP contribution in [0, 0.1) is 5.92 Å². The van der Waals surface area contributed by atoms with Crippen LogP contribution in [0.1, 0.15) is 26.7 Å². The van der Waals surface area contributed by atoms with Crippen LogP contribution in [-0.2, 0) is 4.84 Å². The van der Waals surface area contributed by atoms with Gasteiger partial charge in [0.05, 0.1) is 5.71 Å². The molecule has 1 atom stereocenters. The summed E-state index contributed by atoms with van der Waals surface area (Å²) < 4.78 is 0. The first-order valence-electron chi connectivity index (χ1n) is 6.98. The van der Waals surface area contributed by atoms with E-state index in [1.807, 2.05) is 32.0 Å². The number of carbonyl (C=O) groups excluding carboxylic acids is 1. The molecule has 110 valence electrons. The second-order valence-corrected chi connectivity index (χ2v) is 5.28. The Hall–Kier alpha value is -2.36. The minimum atomic E-state index is -0.584. The third-order valence-electron chi connectivity index (χ3n) is 3.56. The number of oxime groups is 1. The van der Waals surface area contributed by atoms with Crippen molar-refractivity contribution in [3.05, 3.63) is 54.1 Å². The number of para-hydroxylation sites is 1. The highest BCUT2D eigenvalue weighted by Gasteiger charge is 2.19. The highest BCUT2D eigenvalue weighted by Crippen LogP contribution is 2.26. The van der Waals surface area contributed by atoms with Gasteiger partial charge in [0, 0.05) is 12.1 Å². The van der Waals surface area contributed by atoms with E-state index < -0.39 is 6.09 Å². The van der Waals surface area contributed by atoms with Gasteiger partial charge in [-0.3, -0.25) is 10.2 Å². The van der Waals surface area contributed by atoms with Crippen LogP contribution in [0.2, 0.25) is 0 Å². The van der Waals surface area contributed by atoms with Gasteiger partial charge < -0.3 is 0 Å². The molecule has 0 aromatic heterocycles. The number of rotatable bonds is 3. The molecule has 4 heteroatoms. The van der Waals surface area contributed by atoms with E-state index >= 15 is 0 Å². The number of nitrogens with one attached hydrogen (secondary N) is 1. The van der Waals surface area contributed by atoms with Crippen LogP contribution >= 0.6 is 0 Å². The van der Waals surface area contributed by atoms with Gasteiger partial charge in [0.25, 0.3) is 0 Å². The maximum atomic E-state index is 11.7. The highest BCUT2D eigenvalue weighted by atomic mass is 16.7. The molecule has 1 unspecified atom stereocenters. The van der Waals surface area contributed by atoms with Gasteiger partial charge in [0.1, 0.15) is 0 Å². The van der Waals surface area contributed by atoms with Gasteiger partial charge in [-0.2, -0.15) is 0 Å². The number of nitrogens with zero attached hydrogens (tertiary/aromatic N) is 1. The first kappa shape index (κ1) is 15.0. The number of amides is 1. The number of benzene rings is 1. The average molecular weight is 284 g/mol. The Bertz CT molecular complexity index is 588. The van der Waals surface area contributed by atoms with E-state index in [1.165, 1.54) is 0 Å². The van der Waals surface area contributed by atoms with Crippen molar-refractivity contribution in [1.82, 2.24) is 0 Å². The molecule has 4 nitrogen and oxygen atoms in total. The zero-order valence-electron chi connectivity index (χ0n) is 12.4. The normalized spacial score (nSPS) is 19.8. The standard InChI is InChI=1S/C17H20N2O2/c1-12(2)14-10-9-13(3)16(11-14)19-21-17(20)18-15-7-5-4-6-8-15/h4-9,14H,1,10-11H2,2-3H3,(H,18,20)/b19-16+. The summed E-state index contributed by atoms with van der Waals surface area (Å²) in [4.78, 5) is 16.7. The van der Waals surface area contributed by atoms with E-state index in [-0.39, 0.29) is 0 Å². The van der Waals surface area contributed by atoms with Crippen LogP contribution in [0.3, 0.4) is 0 Å². The third kappa shape index (κ3) is 4.31. The van der Waals surface area contributed by atoms with Gasteiger partial charge in [-0.15, -0.1) is 0 Å². The van der Waals surface area contributed by atoms with Crippen molar-refractivity contribution in [3.8, 4) is 0 Å². The summed E-state index contributed by atoms with van der Waals surface area (Å²) in [6.45, 7) is 7.98. The molecule has 1 amide bonds. The average Bonchev–Trinajstić information content (AvgIpc) is 2.47. The largest absolute Gasteiger partial charge is 0.437 e. The monoisotopic (exact) mass is 284 g/mol. The van der Waals surface area contributed by atoms with Crippen molar-refractivity contribution in [3.63, 3.8) is 0 Å². The van der Waals surface area contributed by atoms with E-state index in [0.29, 0.717) is 11.6 Å². The lowest BCUT2D eigenvalue weighted by atomic mass is 9.85. The summed E-state index contributed by atoms with van der Waals surface area (Å²) >= 11 is 0. The summed E-state index contributed by atoms with van der Waals surface area (Å²) in [7, 11) is 0. The molecule has 1 aliphatic carbocycles. The molecule has 0 radical (unpaired) electrons. The molecule has 0 fully saturated rings. The Morgan fingerprint density at radius 3 is 2.76 bits per heavy atom. The number of allylic oxidation sites excluding steroid dienone is 3. The summed E-state index contributed by atoms with van der Waals surface area (Å²) in [6, 6.07) is 9.14. The zero-order valence-corrected chi connectivity index (χ0v) is 12.4. The Balaban J connectivity index is 1.96. The van der Waals surface area contributed by atoms with Crippen LogP contribution in [0.15, 0.2) is 59.3 Å². The van der Waals surface area contributed by atoms with Gasteiger partial charge in [0.2, 0.25) is 0 Å². The van der Waals surface area contributed by atoms with Crippen LogP contribution in [0.4, 0.5) is 10.5 Å². The Kier molecular flexibility index (Phi) is 4.93. The number of anilines is 1. The summed E-state index contributed by atoms with van der Waals surface area (Å²) in [5.41, 5.74) is 3.66. The van der Waals surface area contributed by atoms with Crippen LogP contribution in [0.25, 0.3) is 0 Å². The maximum absolute atomic E-state index is 11.7. The molecule has 21 heavy (non-hydrogen) atoms. The lowest BCUT2D eigenvalue weighted by Crippen LogP contribution is -2.17. The van der Waals surface area contributed by atoms with E-state index in [2.05, 4.69) is 23.1 Å². The van der Waals surface area contributed by atoms with Gasteiger partial charge in [-0.1, -0.05) is 41.6 Å². The molecular weight excluding hydrogens is 264 g/mol. The van der Waals surface area contributed by atoms with E-state index in [4.69, 9.17) is 4.84 Å². The fourth-order valence-corrected chi connectivity index (χ4v) is 2.16. The lowest BCUT2D eigenvalue weighted by Gasteiger charge is -2.21. The summed E-state index contributed by atoms with van der Waals surface area (Å²) in [5, 5.41) is 6.61. The molecule has 0 heterocycles. The van der Waals surface area contributed by atoms with Gasteiger partial charge in [0.15, 0.2) is 0 Å². The van der Waals surface area contributed by atoms with Crippen molar-refractivity contribution in [2.24, 2.45) is 11.1 Å². The summed E-state index contributed by atoms with van der Waals surface area (Å²) in [5.74, 6) is 0.369. The van der Waals surface area contributed by atoms with Gasteiger partial charge in [-0.25, -0.2) is 4.79 Å². The predicted octanol–water partition coefficient (Wildman–Crippen LogP) is 4.52. The molecule has 1 aromatic rings.